The van der Waals surface area contributed by atoms with Crippen LogP contribution in [0.1, 0.15) is 47.7 Å². The Kier molecular flexibility index (Phi) is 4.34. The minimum atomic E-state index is 0.122. The van der Waals surface area contributed by atoms with Gasteiger partial charge >= 0.3 is 0 Å². The fourth-order valence-electron chi connectivity index (χ4n) is 2.78. The van der Waals surface area contributed by atoms with Gasteiger partial charge in [0, 0.05) is 25.0 Å². The van der Waals surface area contributed by atoms with Crippen molar-refractivity contribution in [3.63, 3.8) is 0 Å². The molecule has 1 unspecified atom stereocenters. The second-order valence-electron chi connectivity index (χ2n) is 6.26. The molecule has 1 heterocycles. The molecule has 0 radical (unpaired) electrons. The topological polar surface area (TPSA) is 30.9 Å². The van der Waals surface area contributed by atoms with E-state index in [1.54, 1.807) is 0 Å². The van der Waals surface area contributed by atoms with E-state index in [9.17, 15) is 0 Å². The largest absolute Gasteiger partial charge is 0.350 e. The first-order valence-electron chi connectivity index (χ1n) is 7.36. The molecule has 0 saturated carbocycles. The van der Waals surface area contributed by atoms with Crippen molar-refractivity contribution in [2.75, 3.05) is 0 Å². The summed E-state index contributed by atoms with van der Waals surface area (Å²) in [5, 5.41) is 0. The molecule has 0 spiro atoms. The number of nitrogens with zero attached hydrogens (tertiary/aromatic N) is 1. The summed E-state index contributed by atoms with van der Waals surface area (Å²) in [7, 11) is 0. The Labute approximate surface area is 122 Å². The molecule has 0 aliphatic rings. The van der Waals surface area contributed by atoms with E-state index in [-0.39, 0.29) is 6.04 Å². The average molecular weight is 270 g/mol. The van der Waals surface area contributed by atoms with Crippen molar-refractivity contribution in [3.8, 4) is 0 Å². The highest BCUT2D eigenvalue weighted by molar-refractivity contribution is 5.37. The van der Waals surface area contributed by atoms with Gasteiger partial charge in [-0.2, -0.15) is 0 Å². The molecule has 2 aromatic rings. The molecule has 0 amide bonds. The molecule has 2 nitrogen and oxygen atoms in total. The van der Waals surface area contributed by atoms with Gasteiger partial charge in [0.05, 0.1) is 0 Å². The number of hydrogen-bond acceptors (Lipinski definition) is 1. The van der Waals surface area contributed by atoms with Crippen molar-refractivity contribution in [3.05, 3.63) is 58.4 Å². The lowest BCUT2D eigenvalue weighted by atomic mass is 9.99. The highest BCUT2D eigenvalue weighted by Crippen LogP contribution is 2.21. The van der Waals surface area contributed by atoms with E-state index in [4.69, 9.17) is 5.73 Å². The van der Waals surface area contributed by atoms with Crippen LogP contribution in [0.25, 0.3) is 0 Å². The minimum Gasteiger partial charge on any atom is -0.350 e. The number of aromatic nitrogens is 1. The fraction of sp³-hybridized carbons (Fsp3) is 0.444. The van der Waals surface area contributed by atoms with Crippen LogP contribution in [0.2, 0.25) is 0 Å². The summed E-state index contributed by atoms with van der Waals surface area (Å²) < 4.78 is 2.24. The fourth-order valence-corrected chi connectivity index (χ4v) is 2.78. The molecule has 0 saturated heterocycles. The maximum absolute atomic E-state index is 6.21. The number of nitrogens with two attached hydrogens (primary N) is 1. The quantitative estimate of drug-likeness (QED) is 0.890. The zero-order valence-electron chi connectivity index (χ0n) is 13.3. The van der Waals surface area contributed by atoms with Crippen molar-refractivity contribution < 1.29 is 0 Å². The van der Waals surface area contributed by atoms with Crippen LogP contribution in [0, 0.1) is 26.7 Å². The molecule has 1 atom stereocenters. The van der Waals surface area contributed by atoms with Gasteiger partial charge in [-0.05, 0) is 55.0 Å². The zero-order valence-corrected chi connectivity index (χ0v) is 13.3. The third kappa shape index (κ3) is 3.13. The SMILES string of the molecule is Cc1cc(C)c(Cn2ccc(C(N)C(C)C)c2)c(C)c1. The molecular weight excluding hydrogens is 244 g/mol. The number of aryl methyl sites for hydroxylation is 3. The molecule has 0 fully saturated rings. The zero-order chi connectivity index (χ0) is 14.9. The molecule has 2 N–H and O–H groups in total. The summed E-state index contributed by atoms with van der Waals surface area (Å²) in [5.41, 5.74) is 12.9. The summed E-state index contributed by atoms with van der Waals surface area (Å²) in [6.07, 6.45) is 4.32. The summed E-state index contributed by atoms with van der Waals surface area (Å²) in [4.78, 5) is 0. The maximum atomic E-state index is 6.21. The van der Waals surface area contributed by atoms with Crippen molar-refractivity contribution in [1.82, 2.24) is 4.57 Å². The molecule has 0 aliphatic heterocycles. The minimum absolute atomic E-state index is 0.122. The van der Waals surface area contributed by atoms with Gasteiger partial charge in [-0.3, -0.25) is 0 Å². The second-order valence-corrected chi connectivity index (χ2v) is 6.26. The molecule has 2 rings (SSSR count). The van der Waals surface area contributed by atoms with E-state index in [1.165, 1.54) is 27.8 Å². The predicted molar refractivity (Wildman–Crippen MR) is 86.0 cm³/mol. The van der Waals surface area contributed by atoms with Crippen molar-refractivity contribution in [2.45, 2.75) is 47.2 Å². The summed E-state index contributed by atoms with van der Waals surface area (Å²) in [5.74, 6) is 0.466. The van der Waals surface area contributed by atoms with Gasteiger partial charge in [0.2, 0.25) is 0 Å². The molecule has 0 bridgehead atoms. The average Bonchev–Trinajstić information content (AvgIpc) is 2.81. The Hall–Kier alpha value is -1.54. The van der Waals surface area contributed by atoms with Gasteiger partial charge in [0.25, 0.3) is 0 Å². The van der Waals surface area contributed by atoms with Crippen LogP contribution in [0.15, 0.2) is 30.6 Å². The van der Waals surface area contributed by atoms with Gasteiger partial charge in [-0.25, -0.2) is 0 Å². The van der Waals surface area contributed by atoms with E-state index in [0.29, 0.717) is 5.92 Å². The van der Waals surface area contributed by atoms with E-state index in [1.807, 2.05) is 0 Å². The first-order chi connectivity index (χ1) is 9.38. The van der Waals surface area contributed by atoms with Crippen LogP contribution in [0.3, 0.4) is 0 Å². The highest BCUT2D eigenvalue weighted by atomic mass is 14.9. The summed E-state index contributed by atoms with van der Waals surface area (Å²) >= 11 is 0. The normalized spacial score (nSPS) is 12.9. The monoisotopic (exact) mass is 270 g/mol. The van der Waals surface area contributed by atoms with Crippen LogP contribution in [-0.4, -0.2) is 4.57 Å². The highest BCUT2D eigenvalue weighted by Gasteiger charge is 2.12. The van der Waals surface area contributed by atoms with Crippen molar-refractivity contribution >= 4 is 0 Å². The Morgan fingerprint density at radius 2 is 1.70 bits per heavy atom. The maximum Gasteiger partial charge on any atom is 0.0475 e. The van der Waals surface area contributed by atoms with Crippen LogP contribution >= 0.6 is 0 Å². The summed E-state index contributed by atoms with van der Waals surface area (Å²) in [6, 6.07) is 6.78. The van der Waals surface area contributed by atoms with Crippen molar-refractivity contribution in [2.24, 2.45) is 11.7 Å². The standard InChI is InChI=1S/C18H26N2/c1-12(2)18(19)16-6-7-20(10-16)11-17-14(4)8-13(3)9-15(17)5/h6-10,12,18H,11,19H2,1-5H3. The van der Waals surface area contributed by atoms with E-state index < -0.39 is 0 Å². The van der Waals surface area contributed by atoms with E-state index in [2.05, 4.69) is 69.8 Å². The predicted octanol–water partition coefficient (Wildman–Crippen LogP) is 4.12. The van der Waals surface area contributed by atoms with Gasteiger partial charge in [-0.1, -0.05) is 31.5 Å². The molecule has 2 heteroatoms. The number of rotatable bonds is 4. The molecule has 1 aromatic carbocycles. The first-order valence-corrected chi connectivity index (χ1v) is 7.36. The van der Waals surface area contributed by atoms with E-state index >= 15 is 0 Å². The third-order valence-electron chi connectivity index (χ3n) is 4.06. The van der Waals surface area contributed by atoms with Gasteiger partial charge in [0.1, 0.15) is 0 Å². The molecule has 1 aromatic heterocycles. The molecular formula is C18H26N2. The number of benzene rings is 1. The Morgan fingerprint density at radius 3 is 2.25 bits per heavy atom. The van der Waals surface area contributed by atoms with Crippen LogP contribution in [0.4, 0.5) is 0 Å². The van der Waals surface area contributed by atoms with Gasteiger partial charge in [0.15, 0.2) is 0 Å². The molecule has 0 aliphatic carbocycles. The lowest BCUT2D eigenvalue weighted by molar-refractivity contribution is 0.513. The van der Waals surface area contributed by atoms with Crippen LogP contribution < -0.4 is 5.73 Å². The van der Waals surface area contributed by atoms with Crippen LogP contribution in [-0.2, 0) is 6.54 Å². The van der Waals surface area contributed by atoms with Gasteiger partial charge in [-0.15, -0.1) is 0 Å². The number of hydrogen-bond donors (Lipinski definition) is 1. The smallest absolute Gasteiger partial charge is 0.0475 e. The lowest BCUT2D eigenvalue weighted by Crippen LogP contribution is -2.16. The first kappa shape index (κ1) is 14.9. The second kappa shape index (κ2) is 5.84. The Bertz CT molecular complexity index is 570. The Balaban J connectivity index is 2.23. The third-order valence-corrected chi connectivity index (χ3v) is 4.06. The van der Waals surface area contributed by atoms with Gasteiger partial charge < -0.3 is 10.3 Å². The lowest BCUT2D eigenvalue weighted by Gasteiger charge is -2.14. The summed E-state index contributed by atoms with van der Waals surface area (Å²) in [6.45, 7) is 11.8. The van der Waals surface area contributed by atoms with Crippen molar-refractivity contribution in [1.29, 1.82) is 0 Å². The van der Waals surface area contributed by atoms with E-state index in [0.717, 1.165) is 6.54 Å². The molecule has 20 heavy (non-hydrogen) atoms. The molecule has 108 valence electrons. The Morgan fingerprint density at radius 1 is 1.10 bits per heavy atom. The van der Waals surface area contributed by atoms with Crippen LogP contribution in [0.5, 0.6) is 0 Å².